The number of anilines is 1. The molecule has 102 valence electrons. The maximum atomic E-state index is 12.0. The van der Waals surface area contributed by atoms with Gasteiger partial charge in [0.15, 0.2) is 3.95 Å². The summed E-state index contributed by atoms with van der Waals surface area (Å²) in [7, 11) is 1.57. The number of H-pyrrole nitrogens is 1. The van der Waals surface area contributed by atoms with Gasteiger partial charge in [0, 0.05) is 7.11 Å². The van der Waals surface area contributed by atoms with Gasteiger partial charge in [0.25, 0.3) is 0 Å². The molecule has 0 aliphatic rings. The van der Waals surface area contributed by atoms with Crippen molar-refractivity contribution in [2.45, 2.75) is 26.4 Å². The summed E-state index contributed by atoms with van der Waals surface area (Å²) in [5.74, 6) is 0. The maximum absolute atomic E-state index is 12.0. The van der Waals surface area contributed by atoms with Gasteiger partial charge in [-0.2, -0.15) is 0 Å². The van der Waals surface area contributed by atoms with E-state index < -0.39 is 11.7 Å². The molecule has 0 saturated heterocycles. The van der Waals surface area contributed by atoms with Crippen molar-refractivity contribution in [3.63, 3.8) is 0 Å². The van der Waals surface area contributed by atoms with E-state index in [2.05, 4.69) is 10.2 Å². The van der Waals surface area contributed by atoms with Crippen LogP contribution >= 0.6 is 23.6 Å². The van der Waals surface area contributed by atoms with Crippen LogP contribution in [0.25, 0.3) is 0 Å². The normalized spacial score (nSPS) is 11.3. The highest BCUT2D eigenvalue weighted by Crippen LogP contribution is 2.20. The van der Waals surface area contributed by atoms with Crippen LogP contribution in [0.1, 0.15) is 20.8 Å². The van der Waals surface area contributed by atoms with Crippen LogP contribution in [0.15, 0.2) is 0 Å². The van der Waals surface area contributed by atoms with Gasteiger partial charge in [-0.05, 0) is 33.0 Å². The molecule has 1 aromatic rings. The number of aromatic amines is 1. The van der Waals surface area contributed by atoms with E-state index in [1.54, 1.807) is 7.11 Å². The Kier molecular flexibility index (Phi) is 5.24. The number of rotatable bonds is 4. The summed E-state index contributed by atoms with van der Waals surface area (Å²) in [4.78, 5) is 13.4. The first-order chi connectivity index (χ1) is 8.33. The lowest BCUT2D eigenvalue weighted by Crippen LogP contribution is -2.38. The summed E-state index contributed by atoms with van der Waals surface area (Å²) in [6.45, 7) is 6.19. The van der Waals surface area contributed by atoms with E-state index in [0.29, 0.717) is 22.2 Å². The highest BCUT2D eigenvalue weighted by molar-refractivity contribution is 7.73. The van der Waals surface area contributed by atoms with Crippen molar-refractivity contribution in [3.8, 4) is 0 Å². The van der Waals surface area contributed by atoms with E-state index >= 15 is 0 Å². The highest BCUT2D eigenvalue weighted by Gasteiger charge is 2.25. The van der Waals surface area contributed by atoms with Crippen LogP contribution in [0.4, 0.5) is 9.93 Å². The number of nitrogens with one attached hydrogen (secondary N) is 1. The number of amides is 1. The van der Waals surface area contributed by atoms with Gasteiger partial charge in [-0.15, -0.1) is 5.10 Å². The molecule has 0 spiro atoms. The van der Waals surface area contributed by atoms with Crippen molar-refractivity contribution in [1.82, 2.24) is 10.2 Å². The van der Waals surface area contributed by atoms with Crippen LogP contribution < -0.4 is 4.90 Å². The standard InChI is InChI=1S/C10H17N3O3S2/c1-10(2,3)16-9(14)13(5-6-15-4)7-11-12-8(17)18-7/h5-6H2,1-4H3,(H,12,17). The van der Waals surface area contributed by atoms with Crippen molar-refractivity contribution in [1.29, 1.82) is 0 Å². The molecule has 0 aromatic carbocycles. The summed E-state index contributed by atoms with van der Waals surface area (Å²) in [5.41, 5.74) is -0.555. The van der Waals surface area contributed by atoms with Crippen LogP contribution in [-0.2, 0) is 9.47 Å². The van der Waals surface area contributed by atoms with E-state index in [1.807, 2.05) is 20.8 Å². The van der Waals surface area contributed by atoms with Crippen LogP contribution in [0.3, 0.4) is 0 Å². The van der Waals surface area contributed by atoms with Crippen LogP contribution in [-0.4, -0.2) is 42.2 Å². The molecule has 8 heteroatoms. The van der Waals surface area contributed by atoms with Gasteiger partial charge < -0.3 is 9.47 Å². The predicted molar refractivity (Wildman–Crippen MR) is 72.8 cm³/mol. The third-order valence-electron chi connectivity index (χ3n) is 1.79. The predicted octanol–water partition coefficient (Wildman–Crippen LogP) is 2.59. The minimum Gasteiger partial charge on any atom is -0.443 e. The average Bonchev–Trinajstić information content (AvgIpc) is 2.63. The SMILES string of the molecule is COCCN(C(=O)OC(C)(C)C)c1n[nH]c(=S)s1. The Morgan fingerprint density at radius 2 is 2.22 bits per heavy atom. The first-order valence-electron chi connectivity index (χ1n) is 5.38. The van der Waals surface area contributed by atoms with Gasteiger partial charge in [-0.3, -0.25) is 5.10 Å². The zero-order valence-electron chi connectivity index (χ0n) is 10.8. The molecule has 1 amide bonds. The molecule has 18 heavy (non-hydrogen) atoms. The molecule has 0 bridgehead atoms. The minimum absolute atomic E-state index is 0.363. The van der Waals surface area contributed by atoms with E-state index in [4.69, 9.17) is 21.7 Å². The Morgan fingerprint density at radius 1 is 1.56 bits per heavy atom. The molecule has 0 aliphatic carbocycles. The largest absolute Gasteiger partial charge is 0.443 e. The average molecular weight is 291 g/mol. The van der Waals surface area contributed by atoms with Crippen molar-refractivity contribution in [3.05, 3.63) is 3.95 Å². The number of hydrogen-bond donors (Lipinski definition) is 1. The van der Waals surface area contributed by atoms with Gasteiger partial charge in [-0.25, -0.2) is 9.69 Å². The number of carbonyl (C=O) groups is 1. The Labute approximate surface area is 115 Å². The second-order valence-electron chi connectivity index (χ2n) is 4.52. The second kappa shape index (κ2) is 6.26. The van der Waals surface area contributed by atoms with E-state index in [0.717, 1.165) is 0 Å². The Balaban J connectivity index is 2.84. The molecule has 1 heterocycles. The fourth-order valence-corrected chi connectivity index (χ4v) is 2.00. The van der Waals surface area contributed by atoms with Gasteiger partial charge in [-0.1, -0.05) is 11.3 Å². The molecular weight excluding hydrogens is 274 g/mol. The molecule has 6 nitrogen and oxygen atoms in total. The number of methoxy groups -OCH3 is 1. The monoisotopic (exact) mass is 291 g/mol. The molecule has 0 fully saturated rings. The molecule has 0 atom stereocenters. The number of hydrogen-bond acceptors (Lipinski definition) is 6. The van der Waals surface area contributed by atoms with Crippen LogP contribution in [0.2, 0.25) is 0 Å². The van der Waals surface area contributed by atoms with E-state index in [9.17, 15) is 4.79 Å². The van der Waals surface area contributed by atoms with Crippen LogP contribution in [0, 0.1) is 3.95 Å². The second-order valence-corrected chi connectivity index (χ2v) is 6.16. The lowest BCUT2D eigenvalue weighted by atomic mass is 10.2. The van der Waals surface area contributed by atoms with Gasteiger partial charge >= 0.3 is 6.09 Å². The number of aromatic nitrogens is 2. The number of ether oxygens (including phenoxy) is 2. The molecule has 1 aromatic heterocycles. The number of carbonyl (C=O) groups excluding carboxylic acids is 1. The molecule has 1 N–H and O–H groups in total. The summed E-state index contributed by atoms with van der Waals surface area (Å²) in [6.07, 6.45) is -0.461. The van der Waals surface area contributed by atoms with E-state index in [1.165, 1.54) is 16.2 Å². The molecule has 0 radical (unpaired) electrons. The lowest BCUT2D eigenvalue weighted by Gasteiger charge is -2.25. The Morgan fingerprint density at radius 3 is 2.67 bits per heavy atom. The lowest BCUT2D eigenvalue weighted by molar-refractivity contribution is 0.0569. The topological polar surface area (TPSA) is 67.4 Å². The van der Waals surface area contributed by atoms with Crippen molar-refractivity contribution in [2.24, 2.45) is 0 Å². The Hall–Kier alpha value is -0.990. The summed E-state index contributed by atoms with van der Waals surface area (Å²) in [6, 6.07) is 0. The minimum atomic E-state index is -0.555. The first-order valence-corrected chi connectivity index (χ1v) is 6.61. The molecule has 0 aliphatic heterocycles. The molecule has 0 unspecified atom stereocenters. The van der Waals surface area contributed by atoms with Gasteiger partial charge in [0.2, 0.25) is 5.13 Å². The Bertz CT molecular complexity index is 450. The smallest absolute Gasteiger partial charge is 0.416 e. The summed E-state index contributed by atoms with van der Waals surface area (Å²) in [5, 5.41) is 7.09. The maximum Gasteiger partial charge on any atom is 0.416 e. The van der Waals surface area contributed by atoms with Gasteiger partial charge in [0.1, 0.15) is 5.60 Å². The molecule has 1 rings (SSSR count). The first kappa shape index (κ1) is 15.1. The fourth-order valence-electron chi connectivity index (χ4n) is 1.10. The summed E-state index contributed by atoms with van der Waals surface area (Å²) < 4.78 is 10.8. The van der Waals surface area contributed by atoms with Crippen LogP contribution in [0.5, 0.6) is 0 Å². The fraction of sp³-hybridized carbons (Fsp3) is 0.700. The highest BCUT2D eigenvalue weighted by atomic mass is 32.1. The van der Waals surface area contributed by atoms with Gasteiger partial charge in [0.05, 0.1) is 13.2 Å². The summed E-state index contributed by atoms with van der Waals surface area (Å²) >= 11 is 6.17. The van der Waals surface area contributed by atoms with Crippen molar-refractivity contribution in [2.75, 3.05) is 25.2 Å². The van der Waals surface area contributed by atoms with Crippen molar-refractivity contribution < 1.29 is 14.3 Å². The third kappa shape index (κ3) is 4.71. The third-order valence-corrected chi connectivity index (χ3v) is 2.90. The zero-order chi connectivity index (χ0) is 13.8. The number of nitrogens with zero attached hydrogens (tertiary/aromatic N) is 2. The quantitative estimate of drug-likeness (QED) is 0.864. The van der Waals surface area contributed by atoms with E-state index in [-0.39, 0.29) is 0 Å². The molecular formula is C10H17N3O3S2. The zero-order valence-corrected chi connectivity index (χ0v) is 12.5. The van der Waals surface area contributed by atoms with Crippen molar-refractivity contribution >= 4 is 34.8 Å². The molecule has 0 saturated carbocycles.